The van der Waals surface area contributed by atoms with Gasteiger partial charge in [0.15, 0.2) is 0 Å². The Bertz CT molecular complexity index is 1720. The van der Waals surface area contributed by atoms with Gasteiger partial charge in [-0.1, -0.05) is 71.4 Å². The zero-order valence-electron chi connectivity index (χ0n) is 21.3. The minimum Gasteiger partial charge on any atom is -0.487 e. The van der Waals surface area contributed by atoms with Crippen LogP contribution in [0.2, 0.25) is 5.02 Å². The third-order valence-corrected chi connectivity index (χ3v) is 6.73. The summed E-state index contributed by atoms with van der Waals surface area (Å²) in [5, 5.41) is 17.6. The van der Waals surface area contributed by atoms with Crippen molar-refractivity contribution in [2.45, 2.75) is 19.3 Å². The number of hydrogen-bond donors (Lipinski definition) is 2. The van der Waals surface area contributed by atoms with E-state index in [0.29, 0.717) is 23.5 Å². The fraction of sp³-hybridized carbons (Fsp3) is 0.100. The largest absolute Gasteiger partial charge is 0.487 e. The number of halogens is 4. The third kappa shape index (κ3) is 6.33. The normalized spacial score (nSPS) is 11.4. The molecule has 11 heteroatoms. The molecule has 41 heavy (non-hydrogen) atoms. The SMILES string of the molecule is Nc1cc(C(=O)O)ccc1Cn1cc(-c2ccc(-c3ccccc3COc3cc(C(F)(F)F)ccc3Cl)cc2)nn1. The average molecular weight is 579 g/mol. The first-order chi connectivity index (χ1) is 19.6. The van der Waals surface area contributed by atoms with Crippen LogP contribution in [0.4, 0.5) is 18.9 Å². The summed E-state index contributed by atoms with van der Waals surface area (Å²) in [4.78, 5) is 11.1. The van der Waals surface area contributed by atoms with Crippen LogP contribution in [-0.4, -0.2) is 26.1 Å². The van der Waals surface area contributed by atoms with Crippen LogP contribution in [0.25, 0.3) is 22.4 Å². The van der Waals surface area contributed by atoms with E-state index in [4.69, 9.17) is 27.2 Å². The summed E-state index contributed by atoms with van der Waals surface area (Å²) >= 11 is 6.08. The first kappa shape index (κ1) is 27.7. The summed E-state index contributed by atoms with van der Waals surface area (Å²) in [5.74, 6) is -1.10. The highest BCUT2D eigenvalue weighted by molar-refractivity contribution is 6.32. The van der Waals surface area contributed by atoms with E-state index in [1.165, 1.54) is 18.2 Å². The number of nitrogens with two attached hydrogens (primary N) is 1. The van der Waals surface area contributed by atoms with Gasteiger partial charge in [0.2, 0.25) is 0 Å². The minimum absolute atomic E-state index is 0.0177. The summed E-state index contributed by atoms with van der Waals surface area (Å²) in [6, 6.07) is 22.6. The molecule has 0 spiro atoms. The lowest BCUT2D eigenvalue weighted by Gasteiger charge is -2.14. The molecule has 0 amide bonds. The van der Waals surface area contributed by atoms with Crippen molar-refractivity contribution in [1.29, 1.82) is 0 Å². The number of nitrogens with zero attached hydrogens (tertiary/aromatic N) is 3. The van der Waals surface area contributed by atoms with Gasteiger partial charge in [0.25, 0.3) is 0 Å². The summed E-state index contributed by atoms with van der Waals surface area (Å²) in [6.45, 7) is 0.337. The smallest absolute Gasteiger partial charge is 0.416 e. The van der Waals surface area contributed by atoms with Crippen LogP contribution in [0, 0.1) is 0 Å². The van der Waals surface area contributed by atoms with Crippen LogP contribution < -0.4 is 10.5 Å². The molecule has 5 rings (SSSR count). The number of rotatable bonds is 8. The number of anilines is 1. The van der Waals surface area contributed by atoms with Crippen LogP contribution in [0.3, 0.4) is 0 Å². The molecule has 208 valence electrons. The molecule has 5 aromatic rings. The van der Waals surface area contributed by atoms with Crippen molar-refractivity contribution in [3.8, 4) is 28.1 Å². The quantitative estimate of drug-likeness (QED) is 0.189. The van der Waals surface area contributed by atoms with Gasteiger partial charge in [-0.25, -0.2) is 9.48 Å². The molecule has 0 saturated carbocycles. The highest BCUT2D eigenvalue weighted by Crippen LogP contribution is 2.36. The molecule has 0 bridgehead atoms. The monoisotopic (exact) mass is 578 g/mol. The number of aromatic nitrogens is 3. The Kier molecular flexibility index (Phi) is 7.67. The topological polar surface area (TPSA) is 103 Å². The predicted molar refractivity (Wildman–Crippen MR) is 149 cm³/mol. The Balaban J connectivity index is 1.31. The maximum atomic E-state index is 13.1. The first-order valence-corrected chi connectivity index (χ1v) is 12.7. The Hall–Kier alpha value is -4.83. The molecule has 3 N–H and O–H groups in total. The van der Waals surface area contributed by atoms with E-state index in [0.717, 1.165) is 34.4 Å². The molecule has 7 nitrogen and oxygen atoms in total. The molecule has 0 aliphatic carbocycles. The zero-order valence-corrected chi connectivity index (χ0v) is 22.0. The van der Waals surface area contributed by atoms with E-state index in [9.17, 15) is 18.0 Å². The standard InChI is InChI=1S/C30H22ClF3N4O3/c31-25-12-11-23(30(32,33)34)14-28(25)41-17-22-3-1-2-4-24(22)18-5-7-19(8-6-18)27-16-38(37-36-27)15-21-10-9-20(29(39)40)13-26(21)35/h1-14,16H,15,17,35H2,(H,39,40). The number of nitrogen functional groups attached to an aromatic ring is 1. The first-order valence-electron chi connectivity index (χ1n) is 12.3. The van der Waals surface area contributed by atoms with Crippen LogP contribution in [0.15, 0.2) is 91.1 Å². The fourth-order valence-electron chi connectivity index (χ4n) is 4.25. The lowest BCUT2D eigenvalue weighted by Crippen LogP contribution is -2.06. The number of carbonyl (C=O) groups is 1. The molecule has 0 radical (unpaired) electrons. The Morgan fingerprint density at radius 2 is 1.68 bits per heavy atom. The van der Waals surface area contributed by atoms with Gasteiger partial charge < -0.3 is 15.6 Å². The summed E-state index contributed by atoms with van der Waals surface area (Å²) in [5.41, 5.74) is 10.3. The second kappa shape index (κ2) is 11.3. The van der Waals surface area contributed by atoms with Crippen molar-refractivity contribution >= 4 is 23.3 Å². The van der Waals surface area contributed by atoms with Gasteiger partial charge in [-0.15, -0.1) is 5.10 Å². The number of benzene rings is 4. The van der Waals surface area contributed by atoms with E-state index in [1.54, 1.807) is 16.9 Å². The van der Waals surface area contributed by atoms with Gasteiger partial charge in [0.1, 0.15) is 18.1 Å². The Morgan fingerprint density at radius 1 is 0.951 bits per heavy atom. The second-order valence-electron chi connectivity index (χ2n) is 9.19. The number of alkyl halides is 3. The number of ether oxygens (including phenoxy) is 1. The summed E-state index contributed by atoms with van der Waals surface area (Å²) in [7, 11) is 0. The number of hydrogen-bond acceptors (Lipinski definition) is 5. The third-order valence-electron chi connectivity index (χ3n) is 6.41. The van der Waals surface area contributed by atoms with Crippen molar-refractivity contribution in [3.05, 3.63) is 118 Å². The molecule has 0 saturated heterocycles. The van der Waals surface area contributed by atoms with Gasteiger partial charge in [0, 0.05) is 11.3 Å². The molecule has 1 aromatic heterocycles. The molecule has 1 heterocycles. The second-order valence-corrected chi connectivity index (χ2v) is 9.59. The molecule has 0 unspecified atom stereocenters. The fourth-order valence-corrected chi connectivity index (χ4v) is 4.42. The van der Waals surface area contributed by atoms with Crippen LogP contribution in [0.1, 0.15) is 27.0 Å². The summed E-state index contributed by atoms with van der Waals surface area (Å²) in [6.07, 6.45) is -2.74. The van der Waals surface area contributed by atoms with Crippen LogP contribution in [-0.2, 0) is 19.3 Å². The van der Waals surface area contributed by atoms with Crippen molar-refractivity contribution in [3.63, 3.8) is 0 Å². The molecule has 0 fully saturated rings. The highest BCUT2D eigenvalue weighted by Gasteiger charge is 2.31. The Labute approximate surface area is 237 Å². The molecule has 0 atom stereocenters. The number of carboxylic acids is 1. The van der Waals surface area contributed by atoms with Crippen LogP contribution in [0.5, 0.6) is 5.75 Å². The molecule has 4 aromatic carbocycles. The van der Waals surface area contributed by atoms with E-state index in [2.05, 4.69) is 10.3 Å². The molecule has 0 aliphatic heterocycles. The predicted octanol–water partition coefficient (Wildman–Crippen LogP) is 7.19. The van der Waals surface area contributed by atoms with E-state index in [1.807, 2.05) is 48.5 Å². The van der Waals surface area contributed by atoms with E-state index in [-0.39, 0.29) is 22.9 Å². The number of aromatic carboxylic acids is 1. The highest BCUT2D eigenvalue weighted by atomic mass is 35.5. The van der Waals surface area contributed by atoms with E-state index >= 15 is 0 Å². The van der Waals surface area contributed by atoms with E-state index < -0.39 is 17.7 Å². The molecule has 0 aliphatic rings. The maximum absolute atomic E-state index is 13.1. The van der Waals surface area contributed by atoms with Crippen molar-refractivity contribution in [2.75, 3.05) is 5.73 Å². The number of carboxylic acid groups (broad SMARTS) is 1. The van der Waals surface area contributed by atoms with Gasteiger partial charge >= 0.3 is 12.1 Å². The van der Waals surface area contributed by atoms with Gasteiger partial charge in [-0.05, 0) is 52.6 Å². The zero-order chi connectivity index (χ0) is 29.1. The van der Waals surface area contributed by atoms with Crippen LogP contribution >= 0.6 is 11.6 Å². The van der Waals surface area contributed by atoms with Gasteiger partial charge in [0.05, 0.1) is 28.9 Å². The van der Waals surface area contributed by atoms with Crippen molar-refractivity contribution in [2.24, 2.45) is 0 Å². The summed E-state index contributed by atoms with van der Waals surface area (Å²) < 4.78 is 46.7. The maximum Gasteiger partial charge on any atom is 0.416 e. The lowest BCUT2D eigenvalue weighted by atomic mass is 9.98. The average Bonchev–Trinajstić information content (AvgIpc) is 3.42. The Morgan fingerprint density at radius 3 is 2.39 bits per heavy atom. The van der Waals surface area contributed by atoms with Gasteiger partial charge in [-0.3, -0.25) is 0 Å². The lowest BCUT2D eigenvalue weighted by molar-refractivity contribution is -0.137. The molecular formula is C30H22ClF3N4O3. The minimum atomic E-state index is -4.51. The molecular weight excluding hydrogens is 557 g/mol. The van der Waals surface area contributed by atoms with Crippen molar-refractivity contribution < 1.29 is 27.8 Å². The van der Waals surface area contributed by atoms with Gasteiger partial charge in [-0.2, -0.15) is 13.2 Å². The van der Waals surface area contributed by atoms with Crippen molar-refractivity contribution in [1.82, 2.24) is 15.0 Å².